The Balaban J connectivity index is 1.49. The molecular formula is C19H26N2O4. The molecule has 25 heavy (non-hydrogen) atoms. The number of urea groups is 1. The maximum absolute atomic E-state index is 12.4. The van der Waals surface area contributed by atoms with Crippen LogP contribution in [0.4, 0.5) is 4.79 Å². The van der Waals surface area contributed by atoms with Gasteiger partial charge in [0.15, 0.2) is 0 Å². The number of carbonyl (C=O) groups excluding carboxylic acids is 2. The van der Waals surface area contributed by atoms with E-state index in [0.29, 0.717) is 38.3 Å². The maximum atomic E-state index is 12.4. The quantitative estimate of drug-likeness (QED) is 0.621. The van der Waals surface area contributed by atoms with Crippen LogP contribution in [0.3, 0.4) is 0 Å². The molecule has 0 radical (unpaired) electrons. The molecule has 2 saturated heterocycles. The minimum atomic E-state index is -0.206. The fourth-order valence-electron chi connectivity index (χ4n) is 3.48. The third-order valence-electron chi connectivity index (χ3n) is 4.90. The number of ether oxygens (including phenoxy) is 2. The van der Waals surface area contributed by atoms with E-state index in [1.54, 1.807) is 13.2 Å². The third kappa shape index (κ3) is 4.51. The van der Waals surface area contributed by atoms with E-state index >= 15 is 0 Å². The molecule has 2 amide bonds. The highest BCUT2D eigenvalue weighted by Crippen LogP contribution is 2.23. The summed E-state index contributed by atoms with van der Waals surface area (Å²) in [5.41, 5.74) is 0.971. The number of rotatable bonds is 4. The lowest BCUT2D eigenvalue weighted by Crippen LogP contribution is -2.46. The first-order chi connectivity index (χ1) is 12.2. The topological polar surface area (TPSA) is 59.1 Å². The summed E-state index contributed by atoms with van der Waals surface area (Å²) in [5, 5.41) is 0. The van der Waals surface area contributed by atoms with Crippen molar-refractivity contribution in [2.75, 3.05) is 33.3 Å². The predicted octanol–water partition coefficient (Wildman–Crippen LogP) is 2.67. The van der Waals surface area contributed by atoms with Gasteiger partial charge in [0.2, 0.25) is 0 Å². The van der Waals surface area contributed by atoms with Crippen LogP contribution in [0, 0.1) is 5.92 Å². The van der Waals surface area contributed by atoms with Crippen molar-refractivity contribution in [3.05, 3.63) is 29.8 Å². The van der Waals surface area contributed by atoms with Crippen LogP contribution >= 0.6 is 0 Å². The van der Waals surface area contributed by atoms with Crippen molar-refractivity contribution < 1.29 is 19.1 Å². The molecule has 0 spiro atoms. The molecule has 0 saturated carbocycles. The van der Waals surface area contributed by atoms with Gasteiger partial charge in [-0.2, -0.15) is 0 Å². The minimum absolute atomic E-state index is 0.122. The van der Waals surface area contributed by atoms with Gasteiger partial charge in [0.05, 0.1) is 12.5 Å². The molecule has 0 atom stereocenters. The first-order valence-corrected chi connectivity index (χ1v) is 9.01. The molecule has 2 aliphatic heterocycles. The van der Waals surface area contributed by atoms with Crippen LogP contribution in [0.5, 0.6) is 5.75 Å². The highest BCUT2D eigenvalue weighted by Gasteiger charge is 2.31. The van der Waals surface area contributed by atoms with E-state index in [1.807, 2.05) is 28.0 Å². The molecule has 2 heterocycles. The SMILES string of the molecule is COCc1cccc(OC(=O)C2CCN(C(=O)N3CCCC3)CC2)c1. The molecule has 0 N–H and O–H groups in total. The van der Waals surface area contributed by atoms with Gasteiger partial charge < -0.3 is 19.3 Å². The fourth-order valence-corrected chi connectivity index (χ4v) is 3.48. The molecule has 0 unspecified atom stereocenters. The molecule has 2 aliphatic rings. The first-order valence-electron chi connectivity index (χ1n) is 9.01. The van der Waals surface area contributed by atoms with Crippen LogP contribution in [-0.2, 0) is 16.1 Å². The molecule has 3 rings (SSSR count). The number of methoxy groups -OCH3 is 1. The Morgan fingerprint density at radius 1 is 1.08 bits per heavy atom. The van der Waals surface area contributed by atoms with Crippen molar-refractivity contribution in [1.29, 1.82) is 0 Å². The zero-order chi connectivity index (χ0) is 17.6. The van der Waals surface area contributed by atoms with Crippen molar-refractivity contribution in [2.45, 2.75) is 32.3 Å². The van der Waals surface area contributed by atoms with E-state index in [0.717, 1.165) is 31.5 Å². The van der Waals surface area contributed by atoms with Gasteiger partial charge in [-0.1, -0.05) is 12.1 Å². The van der Waals surface area contributed by atoms with Crippen LogP contribution in [-0.4, -0.2) is 55.1 Å². The molecule has 0 aliphatic carbocycles. The highest BCUT2D eigenvalue weighted by atomic mass is 16.5. The number of piperidine rings is 1. The van der Waals surface area contributed by atoms with E-state index in [4.69, 9.17) is 9.47 Å². The number of hydrogen-bond acceptors (Lipinski definition) is 4. The lowest BCUT2D eigenvalue weighted by atomic mass is 9.97. The number of esters is 1. The molecule has 1 aromatic rings. The van der Waals surface area contributed by atoms with Gasteiger partial charge in [0, 0.05) is 33.3 Å². The van der Waals surface area contributed by atoms with Crippen molar-refractivity contribution >= 4 is 12.0 Å². The lowest BCUT2D eigenvalue weighted by Gasteiger charge is -2.33. The highest BCUT2D eigenvalue weighted by molar-refractivity contribution is 5.77. The summed E-state index contributed by atoms with van der Waals surface area (Å²) in [6, 6.07) is 7.52. The van der Waals surface area contributed by atoms with Gasteiger partial charge in [-0.05, 0) is 43.4 Å². The second kappa shape index (κ2) is 8.34. The summed E-state index contributed by atoms with van der Waals surface area (Å²) >= 11 is 0. The number of likely N-dealkylation sites (tertiary alicyclic amines) is 2. The summed E-state index contributed by atoms with van der Waals surface area (Å²) < 4.78 is 10.6. The van der Waals surface area contributed by atoms with E-state index < -0.39 is 0 Å². The van der Waals surface area contributed by atoms with Gasteiger partial charge in [-0.3, -0.25) is 4.79 Å². The Morgan fingerprint density at radius 2 is 1.76 bits per heavy atom. The average molecular weight is 346 g/mol. The van der Waals surface area contributed by atoms with Crippen molar-refractivity contribution in [2.24, 2.45) is 5.92 Å². The van der Waals surface area contributed by atoms with Gasteiger partial charge in [0.1, 0.15) is 5.75 Å². The Bertz CT molecular complexity index is 605. The number of benzene rings is 1. The molecule has 1 aromatic carbocycles. The Kier molecular flexibility index (Phi) is 5.91. The first kappa shape index (κ1) is 17.7. The van der Waals surface area contributed by atoms with Gasteiger partial charge in [-0.15, -0.1) is 0 Å². The number of amides is 2. The Morgan fingerprint density at radius 3 is 2.44 bits per heavy atom. The van der Waals surface area contributed by atoms with Gasteiger partial charge >= 0.3 is 12.0 Å². The third-order valence-corrected chi connectivity index (χ3v) is 4.90. The molecule has 0 aromatic heterocycles. The summed E-state index contributed by atoms with van der Waals surface area (Å²) in [5.74, 6) is 0.201. The van der Waals surface area contributed by atoms with E-state index in [-0.39, 0.29) is 17.9 Å². The fraction of sp³-hybridized carbons (Fsp3) is 0.579. The normalized spacial score (nSPS) is 18.4. The zero-order valence-electron chi connectivity index (χ0n) is 14.8. The summed E-state index contributed by atoms with van der Waals surface area (Å²) in [4.78, 5) is 28.6. The van der Waals surface area contributed by atoms with Crippen LogP contribution in [0.15, 0.2) is 24.3 Å². The maximum Gasteiger partial charge on any atom is 0.319 e. The standard InChI is InChI=1S/C19H26N2O4/c1-24-14-15-5-4-6-17(13-15)25-18(22)16-7-11-21(12-8-16)19(23)20-9-2-3-10-20/h4-6,13,16H,2-3,7-12,14H2,1H3. The second-order valence-corrected chi connectivity index (χ2v) is 6.74. The second-order valence-electron chi connectivity index (χ2n) is 6.74. The Hall–Kier alpha value is -2.08. The van der Waals surface area contributed by atoms with E-state index in [2.05, 4.69) is 0 Å². The number of hydrogen-bond donors (Lipinski definition) is 0. The Labute approximate surface area is 148 Å². The molecule has 6 heteroatoms. The predicted molar refractivity (Wildman–Crippen MR) is 93.3 cm³/mol. The van der Waals surface area contributed by atoms with Crippen molar-refractivity contribution in [3.8, 4) is 5.75 Å². The number of carbonyl (C=O) groups is 2. The van der Waals surface area contributed by atoms with Crippen LogP contribution in [0.1, 0.15) is 31.2 Å². The molecule has 2 fully saturated rings. The van der Waals surface area contributed by atoms with Crippen molar-refractivity contribution in [3.63, 3.8) is 0 Å². The van der Waals surface area contributed by atoms with Crippen LogP contribution in [0.25, 0.3) is 0 Å². The van der Waals surface area contributed by atoms with Gasteiger partial charge in [0.25, 0.3) is 0 Å². The lowest BCUT2D eigenvalue weighted by molar-refractivity contribution is -0.140. The molecule has 6 nitrogen and oxygen atoms in total. The van der Waals surface area contributed by atoms with Gasteiger partial charge in [-0.25, -0.2) is 4.79 Å². The van der Waals surface area contributed by atoms with E-state index in [9.17, 15) is 9.59 Å². The van der Waals surface area contributed by atoms with Crippen molar-refractivity contribution in [1.82, 2.24) is 9.80 Å². The molecule has 0 bridgehead atoms. The zero-order valence-corrected chi connectivity index (χ0v) is 14.8. The number of nitrogens with zero attached hydrogens (tertiary/aromatic N) is 2. The van der Waals surface area contributed by atoms with Crippen LogP contribution in [0.2, 0.25) is 0 Å². The van der Waals surface area contributed by atoms with Crippen LogP contribution < -0.4 is 4.74 Å². The molecular weight excluding hydrogens is 320 g/mol. The average Bonchev–Trinajstić information content (AvgIpc) is 3.16. The molecule has 136 valence electrons. The smallest absolute Gasteiger partial charge is 0.319 e. The monoisotopic (exact) mass is 346 g/mol. The summed E-state index contributed by atoms with van der Waals surface area (Å²) in [7, 11) is 1.63. The summed E-state index contributed by atoms with van der Waals surface area (Å²) in [6.07, 6.45) is 3.51. The summed E-state index contributed by atoms with van der Waals surface area (Å²) in [6.45, 7) is 3.46. The van der Waals surface area contributed by atoms with E-state index in [1.165, 1.54) is 0 Å². The minimum Gasteiger partial charge on any atom is -0.426 e. The largest absolute Gasteiger partial charge is 0.426 e.